The fourth-order valence-corrected chi connectivity index (χ4v) is 13.8. The first-order valence-corrected chi connectivity index (χ1v) is 29.1. The van der Waals surface area contributed by atoms with Gasteiger partial charge in [-0.2, -0.15) is 0 Å². The minimum Gasteiger partial charge on any atom is -0.372 e. The third kappa shape index (κ3) is 12.4. The molecule has 0 N–H and O–H groups in total. The lowest BCUT2D eigenvalue weighted by molar-refractivity contribution is -0.385. The maximum Gasteiger partial charge on any atom is 0.184 e. The summed E-state index contributed by atoms with van der Waals surface area (Å²) in [5.74, 6) is 3.25. The SMILES string of the molecule is CCC1OC(C(C)C)C(C)[C@@H](C)[C@@H]1O[C@@H]1OC[C@H](O[C@@H]2OC(CC)[C@H](C)[C@H](O[C@@H]3OC(CC)[C@H](C)[C@H](C)C3O[C@@H]3OC(C)[C@@H](C)C(C)[C@@H]3C)C2C)[C@H](O[C@]2(C)CC(C)[C@@H](C)C([C@H](C)[C@H](C)CC)O2)C1C. The lowest BCUT2D eigenvalue weighted by atomic mass is 9.74. The molecule has 6 aliphatic rings. The van der Waals surface area contributed by atoms with E-state index in [1.807, 2.05) is 0 Å². The molecule has 11 nitrogen and oxygen atoms in total. The van der Waals surface area contributed by atoms with E-state index in [4.69, 9.17) is 52.1 Å². The summed E-state index contributed by atoms with van der Waals surface area (Å²) >= 11 is 0. The van der Waals surface area contributed by atoms with Crippen molar-refractivity contribution < 1.29 is 52.1 Å². The maximum absolute atomic E-state index is 7.51. The predicted octanol–water partition coefficient (Wildman–Crippen LogP) is 12.9. The first kappa shape index (κ1) is 58.8. The number of hydrogen-bond acceptors (Lipinski definition) is 11. The Balaban J connectivity index is 1.28. The van der Waals surface area contributed by atoms with E-state index >= 15 is 0 Å². The van der Waals surface area contributed by atoms with Crippen LogP contribution in [-0.4, -0.2) is 105 Å². The van der Waals surface area contributed by atoms with Crippen molar-refractivity contribution >= 4 is 0 Å². The quantitative estimate of drug-likeness (QED) is 0.139. The molecule has 70 heavy (non-hydrogen) atoms. The molecule has 6 rings (SSSR count). The van der Waals surface area contributed by atoms with E-state index in [2.05, 4.69) is 152 Å². The largest absolute Gasteiger partial charge is 0.372 e. The number of hydrogen-bond donors (Lipinski definition) is 0. The highest BCUT2D eigenvalue weighted by Gasteiger charge is 2.55. The summed E-state index contributed by atoms with van der Waals surface area (Å²) in [4.78, 5) is 0. The molecule has 30 atom stereocenters. The minimum absolute atomic E-state index is 0.0279. The van der Waals surface area contributed by atoms with Crippen LogP contribution < -0.4 is 0 Å². The topological polar surface area (TPSA) is 102 Å². The van der Waals surface area contributed by atoms with Gasteiger partial charge in [-0.05, 0) is 98.2 Å². The van der Waals surface area contributed by atoms with Crippen molar-refractivity contribution in [2.24, 2.45) is 88.8 Å². The minimum atomic E-state index is -0.845. The lowest BCUT2D eigenvalue weighted by Crippen LogP contribution is -2.61. The zero-order valence-electron chi connectivity index (χ0n) is 48.6. The highest BCUT2D eigenvalue weighted by atomic mass is 16.8. The van der Waals surface area contributed by atoms with Gasteiger partial charge in [0, 0.05) is 30.1 Å². The molecule has 0 radical (unpaired) electrons. The van der Waals surface area contributed by atoms with E-state index in [0.29, 0.717) is 53.3 Å². The first-order chi connectivity index (χ1) is 32.9. The van der Waals surface area contributed by atoms with Gasteiger partial charge >= 0.3 is 0 Å². The molecule has 0 amide bonds. The average molecular weight is 994 g/mol. The van der Waals surface area contributed by atoms with Crippen LogP contribution in [0.1, 0.15) is 184 Å². The van der Waals surface area contributed by atoms with Gasteiger partial charge in [-0.1, -0.05) is 145 Å². The van der Waals surface area contributed by atoms with E-state index in [1.54, 1.807) is 0 Å². The highest BCUT2D eigenvalue weighted by Crippen LogP contribution is 2.47. The fraction of sp³-hybridized carbons (Fsp3) is 1.00. The maximum atomic E-state index is 7.51. The van der Waals surface area contributed by atoms with E-state index < -0.39 is 36.9 Å². The fourth-order valence-electron chi connectivity index (χ4n) is 13.8. The smallest absolute Gasteiger partial charge is 0.184 e. The molecule has 0 aromatic heterocycles. The standard InChI is InChI=1S/C59H108O11/c1-23-30(7)32(9)51-33(10)31(8)27-59(22,69-51)70-53-43(20)55(67-52-39(16)38(15)49(29(5)6)62-47(52)26-4)60-28-48(53)65-57-42(19)50(41(18)46(25-3)63-57)66-58-54(37(14)36(13)45(24-2)64-58)68-56-40(17)34(11)35(12)44(21)61-56/h29-58H,23-28H2,1-22H3/t30-,31?,32-,33-,34?,35+,36-,37+,38?,39-,40+,41+,42?,43?,44?,45?,46?,47?,48+,49?,50+,51?,52+,53-,54?,55+,56+,57+,58+,59-/m1/s1. The Hall–Kier alpha value is -0.440. The third-order valence-corrected chi connectivity index (χ3v) is 20.3. The molecule has 0 saturated carbocycles. The van der Waals surface area contributed by atoms with Crippen LogP contribution in [0.5, 0.6) is 0 Å². The van der Waals surface area contributed by atoms with Crippen molar-refractivity contribution in [3.63, 3.8) is 0 Å². The van der Waals surface area contributed by atoms with Crippen molar-refractivity contribution in [1.82, 2.24) is 0 Å². The van der Waals surface area contributed by atoms with E-state index in [1.165, 1.54) is 0 Å². The molecule has 6 aliphatic heterocycles. The predicted molar refractivity (Wildman–Crippen MR) is 277 cm³/mol. The number of ether oxygens (including phenoxy) is 11. The molecule has 6 fully saturated rings. The second-order valence-corrected chi connectivity index (χ2v) is 25.3. The summed E-state index contributed by atoms with van der Waals surface area (Å²) in [7, 11) is 0. The number of rotatable bonds is 17. The molecule has 0 spiro atoms. The van der Waals surface area contributed by atoms with Crippen LogP contribution in [0.3, 0.4) is 0 Å². The lowest BCUT2D eigenvalue weighted by Gasteiger charge is -2.53. The van der Waals surface area contributed by atoms with Gasteiger partial charge < -0.3 is 52.1 Å². The van der Waals surface area contributed by atoms with Crippen LogP contribution in [0.2, 0.25) is 0 Å². The zero-order chi connectivity index (χ0) is 51.8. The molecule has 0 aromatic carbocycles. The summed E-state index contributed by atoms with van der Waals surface area (Å²) in [6, 6.07) is 0. The molecule has 6 heterocycles. The highest BCUT2D eigenvalue weighted by molar-refractivity contribution is 4.96. The Kier molecular flexibility index (Phi) is 20.8. The van der Waals surface area contributed by atoms with Crippen molar-refractivity contribution in [3.05, 3.63) is 0 Å². The first-order valence-electron chi connectivity index (χ1n) is 29.1. The molecule has 410 valence electrons. The van der Waals surface area contributed by atoms with Crippen molar-refractivity contribution in [1.29, 1.82) is 0 Å². The van der Waals surface area contributed by atoms with E-state index in [-0.39, 0.29) is 103 Å². The van der Waals surface area contributed by atoms with Crippen LogP contribution in [0.4, 0.5) is 0 Å². The molecular formula is C59H108O11. The zero-order valence-corrected chi connectivity index (χ0v) is 48.6. The van der Waals surface area contributed by atoms with Gasteiger partial charge in [0.25, 0.3) is 0 Å². The molecule has 0 aliphatic carbocycles. The Bertz CT molecular complexity index is 1580. The van der Waals surface area contributed by atoms with Crippen LogP contribution in [0.15, 0.2) is 0 Å². The van der Waals surface area contributed by atoms with Crippen LogP contribution in [0, 0.1) is 88.8 Å². The molecule has 11 heteroatoms. The van der Waals surface area contributed by atoms with Gasteiger partial charge in [-0.15, -0.1) is 0 Å². The molecule has 0 bridgehead atoms. The summed E-state index contributed by atoms with van der Waals surface area (Å²) in [5, 5.41) is 0. The molecule has 0 aromatic rings. The van der Waals surface area contributed by atoms with Gasteiger partial charge in [-0.3, -0.25) is 0 Å². The normalized spacial score (nSPS) is 51.6. The van der Waals surface area contributed by atoms with Gasteiger partial charge in [0.1, 0.15) is 12.2 Å². The summed E-state index contributed by atoms with van der Waals surface area (Å²) < 4.78 is 78.1. The Morgan fingerprint density at radius 2 is 1.03 bits per heavy atom. The summed E-state index contributed by atoms with van der Waals surface area (Å²) in [6.07, 6.45) is 1.15. The molecule has 12 unspecified atom stereocenters. The monoisotopic (exact) mass is 993 g/mol. The van der Waals surface area contributed by atoms with Gasteiger partial charge in [0.05, 0.1) is 61.5 Å². The Morgan fingerprint density at radius 1 is 0.471 bits per heavy atom. The van der Waals surface area contributed by atoms with Crippen LogP contribution in [0.25, 0.3) is 0 Å². The third-order valence-electron chi connectivity index (χ3n) is 20.3. The average Bonchev–Trinajstić information content (AvgIpc) is 3.32. The van der Waals surface area contributed by atoms with Crippen LogP contribution >= 0.6 is 0 Å². The van der Waals surface area contributed by atoms with Gasteiger partial charge in [0.2, 0.25) is 0 Å². The second kappa shape index (κ2) is 24.7. The summed E-state index contributed by atoms with van der Waals surface area (Å²) in [6.45, 7) is 50.3. The Labute approximate surface area is 428 Å². The van der Waals surface area contributed by atoms with Crippen LogP contribution in [-0.2, 0) is 52.1 Å². The van der Waals surface area contributed by atoms with Crippen molar-refractivity contribution in [3.8, 4) is 0 Å². The Morgan fingerprint density at radius 3 is 1.64 bits per heavy atom. The van der Waals surface area contributed by atoms with E-state index in [0.717, 1.165) is 32.1 Å². The summed E-state index contributed by atoms with van der Waals surface area (Å²) in [5.41, 5.74) is 0. The van der Waals surface area contributed by atoms with Crippen molar-refractivity contribution in [2.45, 2.75) is 283 Å². The van der Waals surface area contributed by atoms with E-state index in [9.17, 15) is 0 Å². The van der Waals surface area contributed by atoms with Crippen molar-refractivity contribution in [2.75, 3.05) is 6.61 Å². The molecule has 6 saturated heterocycles. The van der Waals surface area contributed by atoms with Gasteiger partial charge in [-0.25, -0.2) is 0 Å². The van der Waals surface area contributed by atoms with Gasteiger partial charge in [0.15, 0.2) is 30.9 Å². The second-order valence-electron chi connectivity index (χ2n) is 25.3. The molecular weight excluding hydrogens is 885 g/mol.